The minimum atomic E-state index is -3.94. The number of hydrogen-bond acceptors (Lipinski definition) is 6. The average Bonchev–Trinajstić information content (AvgIpc) is 3.76. The molecule has 11 nitrogen and oxygen atoms in total. The highest BCUT2D eigenvalue weighted by Crippen LogP contribution is 2.21. The molecule has 0 aliphatic carbocycles. The summed E-state index contributed by atoms with van der Waals surface area (Å²) in [6.45, 7) is 5.66. The highest BCUT2D eigenvalue weighted by atomic mass is 32.2. The molecule has 0 aliphatic heterocycles. The van der Waals surface area contributed by atoms with Crippen LogP contribution in [0.4, 0.5) is 0 Å². The van der Waals surface area contributed by atoms with Gasteiger partial charge in [0.25, 0.3) is 11.8 Å². The third-order valence-corrected chi connectivity index (χ3v) is 9.79. The van der Waals surface area contributed by atoms with Crippen molar-refractivity contribution in [2.45, 2.75) is 58.5 Å². The number of aromatic amines is 1. The van der Waals surface area contributed by atoms with Crippen molar-refractivity contribution in [2.75, 3.05) is 12.8 Å². The van der Waals surface area contributed by atoms with Crippen LogP contribution in [-0.2, 0) is 32.5 Å². The normalized spacial score (nSPS) is 12.7. The predicted molar refractivity (Wildman–Crippen MR) is 190 cm³/mol. The van der Waals surface area contributed by atoms with Crippen LogP contribution in [0.1, 0.15) is 52.4 Å². The molecule has 0 fully saturated rings. The van der Waals surface area contributed by atoms with E-state index in [4.69, 9.17) is 0 Å². The molecule has 2 atom stereocenters. The number of nitrogens with zero attached hydrogens (tertiary/aromatic N) is 3. The standard InChI is InChI=1S/C37H42N6O5S/c1-5-6-18-49(47,48)41-35(44)33(23-29-24-38-32-11-8-7-10-31(29)32)40-36(45)34(42(4)37(46)28-20-25(2)19-26(3)21-28)22-27-12-14-30(15-13-27)43-17-9-16-39-43/h7-17,19-21,24,33-34,38H,5-6,18,22-23H2,1-4H3,(H,40,45)(H,41,44)/t33-,34-/m0/s1. The maximum Gasteiger partial charge on any atom is 0.256 e. The van der Waals surface area contributed by atoms with Gasteiger partial charge in [-0.25, -0.2) is 13.1 Å². The van der Waals surface area contributed by atoms with Crippen LogP contribution in [0.2, 0.25) is 0 Å². The van der Waals surface area contributed by atoms with Crippen LogP contribution in [-0.4, -0.2) is 70.7 Å². The molecule has 0 saturated carbocycles. The Morgan fingerprint density at radius 2 is 1.65 bits per heavy atom. The largest absolute Gasteiger partial charge is 0.361 e. The lowest BCUT2D eigenvalue weighted by atomic mass is 10.00. The SMILES string of the molecule is CCCCS(=O)(=O)NC(=O)[C@H](Cc1c[nH]c2ccccc12)NC(=O)[C@H](Cc1ccc(-n2cccn2)cc1)N(C)C(=O)c1cc(C)cc(C)c1. The van der Waals surface area contributed by atoms with Crippen LogP contribution in [0, 0.1) is 13.8 Å². The van der Waals surface area contributed by atoms with Crippen molar-refractivity contribution >= 4 is 38.6 Å². The van der Waals surface area contributed by atoms with Crippen molar-refractivity contribution < 1.29 is 22.8 Å². The van der Waals surface area contributed by atoms with Crippen molar-refractivity contribution in [1.82, 2.24) is 29.7 Å². The average molecular weight is 683 g/mol. The number of hydrogen-bond donors (Lipinski definition) is 3. The van der Waals surface area contributed by atoms with E-state index in [0.717, 1.165) is 38.8 Å². The number of aromatic nitrogens is 3. The molecule has 0 unspecified atom stereocenters. The number of carbonyl (C=O) groups is 3. The molecule has 5 rings (SSSR count). The number of sulfonamides is 1. The van der Waals surface area contributed by atoms with Crippen molar-refractivity contribution in [3.05, 3.63) is 119 Å². The summed E-state index contributed by atoms with van der Waals surface area (Å²) in [7, 11) is -2.38. The molecular formula is C37H42N6O5S. The zero-order valence-electron chi connectivity index (χ0n) is 28.1. The highest BCUT2D eigenvalue weighted by molar-refractivity contribution is 7.90. The van der Waals surface area contributed by atoms with E-state index in [9.17, 15) is 22.8 Å². The Hall–Kier alpha value is -5.23. The minimum Gasteiger partial charge on any atom is -0.361 e. The fourth-order valence-corrected chi connectivity index (χ4v) is 7.11. The molecule has 3 N–H and O–H groups in total. The van der Waals surface area contributed by atoms with Crippen LogP contribution in [0.25, 0.3) is 16.6 Å². The molecule has 0 aliphatic rings. The molecule has 0 saturated heterocycles. The molecule has 0 bridgehead atoms. The number of amides is 3. The van der Waals surface area contributed by atoms with Gasteiger partial charge in [-0.1, -0.05) is 60.9 Å². The summed E-state index contributed by atoms with van der Waals surface area (Å²) in [5, 5.41) is 7.93. The number of aryl methyl sites for hydroxylation is 2. The Kier molecular flexibility index (Phi) is 11.0. The van der Waals surface area contributed by atoms with Gasteiger partial charge in [-0.05, 0) is 67.8 Å². The summed E-state index contributed by atoms with van der Waals surface area (Å²) < 4.78 is 29.5. The van der Waals surface area contributed by atoms with Crippen molar-refractivity contribution in [3.63, 3.8) is 0 Å². The summed E-state index contributed by atoms with van der Waals surface area (Å²) >= 11 is 0. The van der Waals surface area contributed by atoms with Crippen molar-refractivity contribution in [2.24, 2.45) is 0 Å². The van der Waals surface area contributed by atoms with Crippen molar-refractivity contribution in [1.29, 1.82) is 0 Å². The minimum absolute atomic E-state index is 0.0188. The fraction of sp³-hybridized carbons (Fsp3) is 0.297. The number of rotatable bonds is 14. The van der Waals surface area contributed by atoms with Crippen LogP contribution in [0.15, 0.2) is 91.4 Å². The Morgan fingerprint density at radius 3 is 2.33 bits per heavy atom. The van der Waals surface area contributed by atoms with Gasteiger partial charge in [0.05, 0.1) is 11.4 Å². The van der Waals surface area contributed by atoms with E-state index in [1.54, 1.807) is 36.3 Å². The fourth-order valence-electron chi connectivity index (χ4n) is 5.89. The molecule has 5 aromatic rings. The molecule has 256 valence electrons. The summed E-state index contributed by atoms with van der Waals surface area (Å²) in [5.41, 5.74) is 5.42. The molecule has 2 aromatic heterocycles. The first-order valence-corrected chi connectivity index (χ1v) is 17.9. The van der Waals surface area contributed by atoms with E-state index in [2.05, 4.69) is 20.1 Å². The van der Waals surface area contributed by atoms with Crippen LogP contribution in [0.5, 0.6) is 0 Å². The lowest BCUT2D eigenvalue weighted by Crippen LogP contribution is -2.56. The van der Waals surface area contributed by atoms with E-state index in [-0.39, 0.29) is 24.5 Å². The topological polar surface area (TPSA) is 146 Å². The Morgan fingerprint density at radius 1 is 0.939 bits per heavy atom. The smallest absolute Gasteiger partial charge is 0.256 e. The number of unbranched alkanes of at least 4 members (excludes halogenated alkanes) is 1. The van der Waals surface area contributed by atoms with Gasteiger partial charge in [-0.3, -0.25) is 19.1 Å². The Bertz CT molecular complexity index is 2020. The third-order valence-electron chi connectivity index (χ3n) is 8.45. The first kappa shape index (κ1) is 35.1. The Balaban J connectivity index is 1.47. The van der Waals surface area contributed by atoms with Gasteiger partial charge >= 0.3 is 0 Å². The lowest BCUT2D eigenvalue weighted by Gasteiger charge is -2.29. The number of fused-ring (bicyclic) bond motifs is 1. The monoisotopic (exact) mass is 682 g/mol. The van der Waals surface area contributed by atoms with Crippen LogP contribution >= 0.6 is 0 Å². The number of likely N-dealkylation sites (N-methyl/N-ethyl adjacent to an activating group) is 1. The summed E-state index contributed by atoms with van der Waals surface area (Å²) in [5.74, 6) is -2.02. The first-order chi connectivity index (χ1) is 23.4. The molecule has 49 heavy (non-hydrogen) atoms. The van der Waals surface area contributed by atoms with E-state index >= 15 is 0 Å². The third kappa shape index (κ3) is 8.82. The number of H-pyrrole nitrogens is 1. The van der Waals surface area contributed by atoms with Gasteiger partial charge in [0.15, 0.2) is 0 Å². The van der Waals surface area contributed by atoms with E-state index in [1.807, 2.05) is 87.6 Å². The molecular weight excluding hydrogens is 641 g/mol. The van der Waals surface area contributed by atoms with Gasteiger partial charge in [0, 0.05) is 54.9 Å². The van der Waals surface area contributed by atoms with Gasteiger partial charge in [-0.2, -0.15) is 5.10 Å². The summed E-state index contributed by atoms with van der Waals surface area (Å²) in [4.78, 5) is 46.4. The second-order valence-corrected chi connectivity index (χ2v) is 14.2. The van der Waals surface area contributed by atoms with Crippen LogP contribution < -0.4 is 10.0 Å². The molecule has 12 heteroatoms. The zero-order chi connectivity index (χ0) is 35.1. The predicted octanol–water partition coefficient (Wildman–Crippen LogP) is 4.63. The van der Waals surface area contributed by atoms with Gasteiger partial charge < -0.3 is 15.2 Å². The quantitative estimate of drug-likeness (QED) is 0.156. The van der Waals surface area contributed by atoms with Crippen LogP contribution in [0.3, 0.4) is 0 Å². The molecule has 3 amide bonds. The van der Waals surface area contributed by atoms with Gasteiger partial charge in [0.2, 0.25) is 15.9 Å². The van der Waals surface area contributed by atoms with E-state index in [0.29, 0.717) is 18.4 Å². The summed E-state index contributed by atoms with van der Waals surface area (Å²) in [6, 6.07) is 20.0. The Labute approximate surface area is 286 Å². The molecule has 0 radical (unpaired) electrons. The number of carbonyl (C=O) groups excluding carboxylic acids is 3. The summed E-state index contributed by atoms with van der Waals surface area (Å²) in [6.07, 6.45) is 6.42. The lowest BCUT2D eigenvalue weighted by molar-refractivity contribution is -0.130. The maximum absolute atomic E-state index is 14.3. The highest BCUT2D eigenvalue weighted by Gasteiger charge is 2.33. The number of benzene rings is 3. The zero-order valence-corrected chi connectivity index (χ0v) is 29.0. The van der Waals surface area contributed by atoms with E-state index in [1.165, 1.54) is 4.90 Å². The van der Waals surface area contributed by atoms with Gasteiger partial charge in [0.1, 0.15) is 12.1 Å². The number of para-hydroxylation sites is 1. The molecule has 2 heterocycles. The molecule has 0 spiro atoms. The van der Waals surface area contributed by atoms with E-state index < -0.39 is 33.9 Å². The second kappa shape index (κ2) is 15.3. The second-order valence-electron chi connectivity index (χ2n) is 12.4. The molecule has 3 aromatic carbocycles. The number of nitrogens with one attached hydrogen (secondary N) is 3. The van der Waals surface area contributed by atoms with Crippen molar-refractivity contribution in [3.8, 4) is 5.69 Å². The first-order valence-electron chi connectivity index (χ1n) is 16.3. The maximum atomic E-state index is 14.3. The van der Waals surface area contributed by atoms with Gasteiger partial charge in [-0.15, -0.1) is 0 Å².